The van der Waals surface area contributed by atoms with Crippen LogP contribution in [0.25, 0.3) is 0 Å². The highest BCUT2D eigenvalue weighted by molar-refractivity contribution is 5.27. The molecular formula is C21H34NO3+. The predicted octanol–water partition coefficient (Wildman–Crippen LogP) is 2.06. The zero-order valence-corrected chi connectivity index (χ0v) is 16.2. The molecule has 1 saturated heterocycles. The van der Waals surface area contributed by atoms with Crippen molar-refractivity contribution in [2.75, 3.05) is 26.8 Å². The highest BCUT2D eigenvalue weighted by Crippen LogP contribution is 2.47. The standard InChI is InChI=1S/C21H33NO3/c1-20(2)9-17-10-21(3,14-20)15-22(17)11-18(23)13-25-12-16-6-5-7-19(8-16)24-4/h5-8,17-18,23H,9-15H2,1-4H3/p+1/t17-,18+,21-/m1/s1. The van der Waals surface area contributed by atoms with Crippen LogP contribution in [0.15, 0.2) is 24.3 Å². The number of nitrogens with one attached hydrogen (secondary N) is 1. The molecule has 1 aliphatic heterocycles. The van der Waals surface area contributed by atoms with E-state index in [4.69, 9.17) is 9.47 Å². The van der Waals surface area contributed by atoms with E-state index in [-0.39, 0.29) is 0 Å². The smallest absolute Gasteiger partial charge is 0.126 e. The molecule has 3 rings (SSSR count). The van der Waals surface area contributed by atoms with Crippen molar-refractivity contribution in [3.8, 4) is 5.75 Å². The highest BCUT2D eigenvalue weighted by atomic mass is 16.5. The molecular weight excluding hydrogens is 314 g/mol. The van der Waals surface area contributed by atoms with Crippen LogP contribution in [0.3, 0.4) is 0 Å². The van der Waals surface area contributed by atoms with Crippen LogP contribution in [0.2, 0.25) is 0 Å². The minimum absolute atomic E-state index is 0.396. The Bertz CT molecular complexity index is 588. The van der Waals surface area contributed by atoms with Crippen molar-refractivity contribution in [3.05, 3.63) is 29.8 Å². The van der Waals surface area contributed by atoms with Gasteiger partial charge in [0.05, 0.1) is 32.9 Å². The second-order valence-electron chi connectivity index (χ2n) is 9.32. The van der Waals surface area contributed by atoms with Crippen molar-refractivity contribution in [2.45, 2.75) is 58.8 Å². The van der Waals surface area contributed by atoms with Gasteiger partial charge in [-0.15, -0.1) is 0 Å². The maximum Gasteiger partial charge on any atom is 0.126 e. The molecule has 4 atom stereocenters. The Balaban J connectivity index is 1.46. The molecule has 1 saturated carbocycles. The number of aliphatic hydroxyl groups excluding tert-OH is 1. The van der Waals surface area contributed by atoms with E-state index in [1.807, 2.05) is 24.3 Å². The number of ether oxygens (including phenoxy) is 2. The number of fused-ring (bicyclic) bond motifs is 2. The number of aliphatic hydroxyl groups is 1. The van der Waals surface area contributed by atoms with Crippen molar-refractivity contribution in [1.82, 2.24) is 0 Å². The Morgan fingerprint density at radius 1 is 1.28 bits per heavy atom. The predicted molar refractivity (Wildman–Crippen MR) is 98.9 cm³/mol. The number of hydrogen-bond donors (Lipinski definition) is 2. The first-order valence-electron chi connectivity index (χ1n) is 9.52. The zero-order chi connectivity index (χ0) is 18.1. The number of benzene rings is 1. The molecule has 0 spiro atoms. The van der Waals surface area contributed by atoms with E-state index < -0.39 is 6.10 Å². The van der Waals surface area contributed by atoms with Gasteiger partial charge in [-0.25, -0.2) is 0 Å². The summed E-state index contributed by atoms with van der Waals surface area (Å²) in [5.74, 6) is 0.839. The Labute approximate surface area is 152 Å². The van der Waals surface area contributed by atoms with E-state index in [2.05, 4.69) is 20.8 Å². The summed E-state index contributed by atoms with van der Waals surface area (Å²) in [6.07, 6.45) is 3.49. The van der Waals surface area contributed by atoms with E-state index in [1.54, 1.807) is 12.0 Å². The van der Waals surface area contributed by atoms with Crippen molar-refractivity contribution in [1.29, 1.82) is 0 Å². The monoisotopic (exact) mass is 348 g/mol. The van der Waals surface area contributed by atoms with Gasteiger partial charge in [0.15, 0.2) is 0 Å². The van der Waals surface area contributed by atoms with Gasteiger partial charge in [0.1, 0.15) is 18.4 Å². The summed E-state index contributed by atoms with van der Waals surface area (Å²) in [5, 5.41) is 10.5. The van der Waals surface area contributed by atoms with E-state index >= 15 is 0 Å². The van der Waals surface area contributed by atoms with Gasteiger partial charge in [-0.05, 0) is 29.5 Å². The molecule has 2 bridgehead atoms. The topological polar surface area (TPSA) is 43.1 Å². The maximum absolute atomic E-state index is 10.5. The molecule has 0 radical (unpaired) electrons. The van der Waals surface area contributed by atoms with Crippen LogP contribution in [0.5, 0.6) is 5.75 Å². The summed E-state index contributed by atoms with van der Waals surface area (Å²) in [5.41, 5.74) is 1.96. The lowest BCUT2D eigenvalue weighted by Crippen LogP contribution is -3.15. The number of hydrogen-bond acceptors (Lipinski definition) is 3. The SMILES string of the molecule is COc1cccc(COC[C@@H](O)C[NH+]2C[C@]3(C)C[C@H]2CC(C)(C)C3)c1. The van der Waals surface area contributed by atoms with Gasteiger partial charge in [-0.1, -0.05) is 32.9 Å². The third-order valence-electron chi connectivity index (χ3n) is 5.89. The van der Waals surface area contributed by atoms with Crippen molar-refractivity contribution < 1.29 is 19.5 Å². The largest absolute Gasteiger partial charge is 0.497 e. The summed E-state index contributed by atoms with van der Waals surface area (Å²) >= 11 is 0. The molecule has 0 aromatic heterocycles. The normalized spacial score (nSPS) is 31.7. The summed E-state index contributed by atoms with van der Waals surface area (Å²) in [7, 11) is 1.67. The summed E-state index contributed by atoms with van der Waals surface area (Å²) in [6, 6.07) is 8.58. The summed E-state index contributed by atoms with van der Waals surface area (Å²) in [6.45, 7) is 10.1. The number of rotatable bonds is 7. The molecule has 4 nitrogen and oxygen atoms in total. The second kappa shape index (κ2) is 7.26. The summed E-state index contributed by atoms with van der Waals surface area (Å²) < 4.78 is 11.0. The number of quaternary nitrogens is 1. The lowest BCUT2D eigenvalue weighted by Gasteiger charge is -2.37. The number of likely N-dealkylation sites (tertiary alicyclic amines) is 1. The quantitative estimate of drug-likeness (QED) is 0.793. The molecule has 140 valence electrons. The average molecular weight is 349 g/mol. The van der Waals surface area contributed by atoms with Crippen LogP contribution in [-0.2, 0) is 11.3 Å². The lowest BCUT2D eigenvalue weighted by atomic mass is 9.65. The van der Waals surface area contributed by atoms with Gasteiger partial charge in [-0.2, -0.15) is 0 Å². The molecule has 1 aromatic carbocycles. The van der Waals surface area contributed by atoms with Crippen LogP contribution in [0, 0.1) is 10.8 Å². The molecule has 4 heteroatoms. The van der Waals surface area contributed by atoms with Crippen molar-refractivity contribution >= 4 is 0 Å². The molecule has 2 fully saturated rings. The van der Waals surface area contributed by atoms with E-state index in [9.17, 15) is 5.11 Å². The average Bonchev–Trinajstić information content (AvgIpc) is 2.75. The van der Waals surface area contributed by atoms with Crippen LogP contribution in [0.1, 0.15) is 45.6 Å². The fourth-order valence-electron chi connectivity index (χ4n) is 5.43. The number of methoxy groups -OCH3 is 1. The van der Waals surface area contributed by atoms with Crippen LogP contribution in [0.4, 0.5) is 0 Å². The Morgan fingerprint density at radius 3 is 2.84 bits per heavy atom. The molecule has 1 unspecified atom stereocenters. The lowest BCUT2D eigenvalue weighted by molar-refractivity contribution is -0.917. The summed E-state index contributed by atoms with van der Waals surface area (Å²) in [4.78, 5) is 1.57. The third kappa shape index (κ3) is 4.75. The molecule has 2 N–H and O–H groups in total. The zero-order valence-electron chi connectivity index (χ0n) is 16.2. The minimum atomic E-state index is -0.397. The Hall–Kier alpha value is -1.10. The fourth-order valence-corrected chi connectivity index (χ4v) is 5.43. The first kappa shape index (κ1) is 18.7. The minimum Gasteiger partial charge on any atom is -0.497 e. The van der Waals surface area contributed by atoms with E-state index in [0.717, 1.165) is 17.9 Å². The van der Waals surface area contributed by atoms with Gasteiger partial charge in [0, 0.05) is 18.3 Å². The second-order valence-corrected chi connectivity index (χ2v) is 9.32. The molecule has 1 heterocycles. The van der Waals surface area contributed by atoms with Gasteiger partial charge < -0.3 is 19.5 Å². The van der Waals surface area contributed by atoms with Crippen molar-refractivity contribution in [3.63, 3.8) is 0 Å². The maximum atomic E-state index is 10.5. The Morgan fingerprint density at radius 2 is 2.08 bits per heavy atom. The van der Waals surface area contributed by atoms with E-state index in [0.29, 0.717) is 30.1 Å². The first-order chi connectivity index (χ1) is 11.8. The van der Waals surface area contributed by atoms with Crippen LogP contribution in [-0.4, -0.2) is 44.1 Å². The molecule has 25 heavy (non-hydrogen) atoms. The van der Waals surface area contributed by atoms with Crippen LogP contribution >= 0.6 is 0 Å². The first-order valence-corrected chi connectivity index (χ1v) is 9.52. The third-order valence-corrected chi connectivity index (χ3v) is 5.89. The van der Waals surface area contributed by atoms with Gasteiger partial charge in [-0.3, -0.25) is 0 Å². The highest BCUT2D eigenvalue weighted by Gasteiger charge is 2.52. The molecule has 0 amide bonds. The fraction of sp³-hybridized carbons (Fsp3) is 0.714. The molecule has 1 aliphatic carbocycles. The Kier molecular flexibility index (Phi) is 5.42. The van der Waals surface area contributed by atoms with Gasteiger partial charge >= 0.3 is 0 Å². The van der Waals surface area contributed by atoms with Crippen LogP contribution < -0.4 is 9.64 Å². The molecule has 2 aliphatic rings. The molecule has 1 aromatic rings. The van der Waals surface area contributed by atoms with E-state index in [1.165, 1.54) is 25.8 Å². The van der Waals surface area contributed by atoms with Crippen molar-refractivity contribution in [2.24, 2.45) is 10.8 Å². The van der Waals surface area contributed by atoms with Gasteiger partial charge in [0.2, 0.25) is 0 Å². The van der Waals surface area contributed by atoms with Gasteiger partial charge in [0.25, 0.3) is 0 Å².